The summed E-state index contributed by atoms with van der Waals surface area (Å²) < 4.78 is 53.7. The highest BCUT2D eigenvalue weighted by Crippen LogP contribution is 2.44. The summed E-state index contributed by atoms with van der Waals surface area (Å²) in [5.74, 6) is -1.84. The number of rotatable bonds is 13. The Bertz CT molecular complexity index is 1720. The molecular formula is C36H37F3N6O4. The van der Waals surface area contributed by atoms with Gasteiger partial charge in [0, 0.05) is 30.4 Å². The molecule has 49 heavy (non-hydrogen) atoms. The van der Waals surface area contributed by atoms with Gasteiger partial charge in [0.25, 0.3) is 0 Å². The van der Waals surface area contributed by atoms with E-state index in [9.17, 15) is 18.4 Å². The second-order valence-corrected chi connectivity index (χ2v) is 12.3. The van der Waals surface area contributed by atoms with Crippen LogP contribution in [0.4, 0.5) is 29.3 Å². The van der Waals surface area contributed by atoms with Crippen molar-refractivity contribution in [1.82, 2.24) is 20.6 Å². The number of hydrogen-bond donors (Lipinski definition) is 4. The molecule has 3 heterocycles. The van der Waals surface area contributed by atoms with Crippen molar-refractivity contribution in [3.05, 3.63) is 120 Å². The van der Waals surface area contributed by atoms with Crippen molar-refractivity contribution in [2.24, 2.45) is 0 Å². The molecule has 3 atom stereocenters. The fraction of sp³-hybridized carbons (Fsp3) is 0.333. The lowest BCUT2D eigenvalue weighted by Gasteiger charge is -2.30. The first-order chi connectivity index (χ1) is 23.8. The van der Waals surface area contributed by atoms with Gasteiger partial charge in [-0.3, -0.25) is 14.8 Å². The topological polar surface area (TPSA) is 126 Å². The number of anilines is 2. The summed E-state index contributed by atoms with van der Waals surface area (Å²) >= 11 is 0. The van der Waals surface area contributed by atoms with Crippen LogP contribution in [0.2, 0.25) is 0 Å². The van der Waals surface area contributed by atoms with Gasteiger partial charge in [0.15, 0.2) is 0 Å². The molecule has 2 aliphatic rings. The lowest BCUT2D eigenvalue weighted by Crippen LogP contribution is -2.49. The maximum Gasteiger partial charge on any atom is 0.407 e. The molecule has 1 saturated carbocycles. The van der Waals surface area contributed by atoms with Crippen LogP contribution in [0.5, 0.6) is 0 Å². The zero-order chi connectivity index (χ0) is 34.2. The van der Waals surface area contributed by atoms with E-state index in [4.69, 9.17) is 9.47 Å². The minimum absolute atomic E-state index is 0.124. The number of aromatic nitrogens is 2. The minimum atomic E-state index is -0.901. The van der Waals surface area contributed by atoms with Crippen molar-refractivity contribution in [3.8, 4) is 0 Å². The number of carbonyl (C=O) groups is 2. The first-order valence-electron chi connectivity index (χ1n) is 16.2. The molecule has 0 bridgehead atoms. The van der Waals surface area contributed by atoms with Crippen LogP contribution in [0, 0.1) is 17.5 Å². The third-order valence-electron chi connectivity index (χ3n) is 8.66. The lowest BCUT2D eigenvalue weighted by atomic mass is 10.0. The van der Waals surface area contributed by atoms with Crippen LogP contribution < -0.4 is 21.3 Å². The summed E-state index contributed by atoms with van der Waals surface area (Å²) in [6, 6.07) is 15.6. The van der Waals surface area contributed by atoms with Crippen molar-refractivity contribution >= 4 is 23.4 Å². The van der Waals surface area contributed by atoms with Crippen molar-refractivity contribution in [2.45, 2.75) is 55.8 Å². The quantitative estimate of drug-likeness (QED) is 0.151. The molecule has 1 aliphatic heterocycles. The third kappa shape index (κ3) is 9.12. The van der Waals surface area contributed by atoms with Crippen LogP contribution in [0.15, 0.2) is 85.3 Å². The first kappa shape index (κ1) is 33.9. The van der Waals surface area contributed by atoms with Gasteiger partial charge in [-0.2, -0.15) is 0 Å². The fourth-order valence-electron chi connectivity index (χ4n) is 5.75. The zero-order valence-corrected chi connectivity index (χ0v) is 26.6. The normalized spacial score (nSPS) is 18.6. The molecule has 2 fully saturated rings. The van der Waals surface area contributed by atoms with Crippen LogP contribution in [0.1, 0.15) is 36.1 Å². The minimum Gasteiger partial charge on any atom is -0.448 e. The number of ether oxygens (including phenoxy) is 2. The smallest absolute Gasteiger partial charge is 0.407 e. The number of carbonyl (C=O) groups excluding carboxylic acids is 2. The fourth-order valence-corrected chi connectivity index (χ4v) is 5.75. The number of nitrogens with zero attached hydrogens (tertiary/aromatic N) is 2. The van der Waals surface area contributed by atoms with Crippen LogP contribution in [-0.4, -0.2) is 59.9 Å². The molecule has 2 amide bonds. The lowest BCUT2D eigenvalue weighted by molar-refractivity contribution is -0.116. The number of amides is 2. The van der Waals surface area contributed by atoms with E-state index < -0.39 is 41.0 Å². The van der Waals surface area contributed by atoms with Gasteiger partial charge in [-0.05, 0) is 79.8 Å². The van der Waals surface area contributed by atoms with Gasteiger partial charge in [-0.15, -0.1) is 0 Å². The summed E-state index contributed by atoms with van der Waals surface area (Å²) in [6.07, 6.45) is 6.05. The number of nitrogens with one attached hydrogen (secondary N) is 4. The second kappa shape index (κ2) is 15.5. The largest absolute Gasteiger partial charge is 0.448 e. The molecule has 1 saturated heterocycles. The Hall–Kier alpha value is -5.01. The molecule has 4 aromatic rings. The Morgan fingerprint density at radius 3 is 2.43 bits per heavy atom. The molecule has 1 aliphatic carbocycles. The molecule has 4 N–H and O–H groups in total. The van der Waals surface area contributed by atoms with Crippen molar-refractivity contribution < 1.29 is 32.2 Å². The molecular weight excluding hydrogens is 637 g/mol. The van der Waals surface area contributed by atoms with Gasteiger partial charge in [0.05, 0.1) is 48.1 Å². The van der Waals surface area contributed by atoms with E-state index >= 15 is 4.39 Å². The molecule has 0 radical (unpaired) electrons. The molecule has 256 valence electrons. The van der Waals surface area contributed by atoms with E-state index in [1.165, 1.54) is 42.6 Å². The van der Waals surface area contributed by atoms with Crippen LogP contribution >= 0.6 is 0 Å². The van der Waals surface area contributed by atoms with Gasteiger partial charge in [-0.1, -0.05) is 18.2 Å². The molecule has 10 nitrogen and oxygen atoms in total. The number of benzene rings is 2. The standard InChI is InChI=1S/C36H37F3N6O4/c37-24-6-4-23(5-7-24)17-31(34(46)43-26-10-8-25(38)9-11-26)44-32-20-40-19-30(39)29(32)13-12-28-18-42-27(21-48-28)22-49-35(47)45-36(14-15-36)33-3-1-2-16-41-33/h1-11,16,19-20,27-28,31,42,44H,12-15,17-18,21-22H2,(H,43,46)(H,45,47)/t27-,28+,31-/m0/s1. The van der Waals surface area contributed by atoms with Crippen LogP contribution in [0.25, 0.3) is 0 Å². The third-order valence-corrected chi connectivity index (χ3v) is 8.66. The van der Waals surface area contributed by atoms with Gasteiger partial charge in [-0.25, -0.2) is 18.0 Å². The Balaban J connectivity index is 1.02. The number of alkyl carbamates (subject to hydrolysis) is 1. The van der Waals surface area contributed by atoms with Crippen LogP contribution in [-0.2, 0) is 32.6 Å². The maximum atomic E-state index is 15.2. The summed E-state index contributed by atoms with van der Waals surface area (Å²) in [6.45, 7) is 0.895. The highest BCUT2D eigenvalue weighted by atomic mass is 19.1. The van der Waals surface area contributed by atoms with E-state index in [2.05, 4.69) is 31.2 Å². The van der Waals surface area contributed by atoms with E-state index in [-0.39, 0.29) is 31.6 Å². The monoisotopic (exact) mass is 674 g/mol. The van der Waals surface area contributed by atoms with Gasteiger partial charge < -0.3 is 30.7 Å². The predicted octanol–water partition coefficient (Wildman–Crippen LogP) is 5.26. The van der Waals surface area contributed by atoms with E-state index in [1.54, 1.807) is 18.3 Å². The highest BCUT2D eigenvalue weighted by molar-refractivity contribution is 5.96. The number of morpholine rings is 1. The summed E-state index contributed by atoms with van der Waals surface area (Å²) in [5, 5.41) is 12.2. The summed E-state index contributed by atoms with van der Waals surface area (Å²) in [5.41, 5.74) is 2.08. The van der Waals surface area contributed by atoms with Crippen molar-refractivity contribution in [2.75, 3.05) is 30.4 Å². The van der Waals surface area contributed by atoms with Crippen molar-refractivity contribution in [1.29, 1.82) is 0 Å². The van der Waals surface area contributed by atoms with E-state index in [1.807, 2.05) is 18.2 Å². The Morgan fingerprint density at radius 1 is 1.00 bits per heavy atom. The summed E-state index contributed by atoms with van der Waals surface area (Å²) in [4.78, 5) is 34.3. The van der Waals surface area contributed by atoms with Crippen LogP contribution in [0.3, 0.4) is 0 Å². The SMILES string of the molecule is O=C(NC1(c2ccccn2)CC1)OC[C@@H]1CO[C@H](CCc2c(F)cncc2N[C@@H](Cc2ccc(F)cc2)C(=O)Nc2ccc(F)cc2)CN1. The molecule has 2 aromatic carbocycles. The molecule has 6 rings (SSSR count). The Labute approximate surface area is 281 Å². The predicted molar refractivity (Wildman–Crippen MR) is 176 cm³/mol. The summed E-state index contributed by atoms with van der Waals surface area (Å²) in [7, 11) is 0. The second-order valence-electron chi connectivity index (χ2n) is 12.3. The number of pyridine rings is 2. The zero-order valence-electron chi connectivity index (χ0n) is 26.6. The van der Waals surface area contributed by atoms with Crippen molar-refractivity contribution in [3.63, 3.8) is 0 Å². The van der Waals surface area contributed by atoms with Gasteiger partial charge in [0.1, 0.15) is 30.1 Å². The molecule has 0 spiro atoms. The number of halogens is 3. The van der Waals surface area contributed by atoms with E-state index in [0.717, 1.165) is 24.7 Å². The molecule has 2 aromatic heterocycles. The average Bonchev–Trinajstić information content (AvgIpc) is 3.90. The first-order valence-corrected chi connectivity index (χ1v) is 16.2. The maximum absolute atomic E-state index is 15.2. The highest BCUT2D eigenvalue weighted by Gasteiger charge is 2.47. The Kier molecular flexibility index (Phi) is 10.7. The number of hydrogen-bond acceptors (Lipinski definition) is 8. The van der Waals surface area contributed by atoms with Gasteiger partial charge in [0.2, 0.25) is 5.91 Å². The molecule has 0 unspecified atom stereocenters. The Morgan fingerprint density at radius 2 is 1.76 bits per heavy atom. The van der Waals surface area contributed by atoms with Gasteiger partial charge >= 0.3 is 6.09 Å². The molecule has 13 heteroatoms. The average molecular weight is 675 g/mol. The van der Waals surface area contributed by atoms with E-state index in [0.29, 0.717) is 42.1 Å².